The van der Waals surface area contributed by atoms with Crippen molar-refractivity contribution in [3.05, 3.63) is 53.3 Å². The van der Waals surface area contributed by atoms with Gasteiger partial charge in [0.15, 0.2) is 6.61 Å². The number of hydrogen-bond donors (Lipinski definition) is 2. The summed E-state index contributed by atoms with van der Waals surface area (Å²) in [6, 6.07) is 9.49. The summed E-state index contributed by atoms with van der Waals surface area (Å²) < 4.78 is 5.44. The number of H-pyrrole nitrogens is 1. The number of carbonyl (C=O) groups is 1. The number of aromatic nitrogens is 1. The Bertz CT molecular complexity index is 646. The number of rotatable bonds is 5. The number of hydrazone groups is 1. The van der Waals surface area contributed by atoms with Crippen molar-refractivity contribution in [2.45, 2.75) is 20.8 Å². The van der Waals surface area contributed by atoms with Crippen LogP contribution in [0.4, 0.5) is 0 Å². The number of aromatic amines is 1. The quantitative estimate of drug-likeness (QED) is 0.655. The van der Waals surface area contributed by atoms with Crippen molar-refractivity contribution in [2.75, 3.05) is 6.61 Å². The van der Waals surface area contributed by atoms with Crippen molar-refractivity contribution in [1.82, 2.24) is 10.4 Å². The second-order valence-electron chi connectivity index (χ2n) is 4.85. The number of amides is 1. The van der Waals surface area contributed by atoms with Crippen LogP contribution in [0.25, 0.3) is 0 Å². The first-order valence-corrected chi connectivity index (χ1v) is 6.73. The van der Waals surface area contributed by atoms with E-state index < -0.39 is 0 Å². The van der Waals surface area contributed by atoms with Gasteiger partial charge in [0.25, 0.3) is 5.91 Å². The molecule has 2 rings (SSSR count). The average molecular weight is 285 g/mol. The van der Waals surface area contributed by atoms with Gasteiger partial charge in [-0.3, -0.25) is 4.79 Å². The molecule has 1 aromatic carbocycles. The van der Waals surface area contributed by atoms with Crippen molar-refractivity contribution < 1.29 is 9.53 Å². The summed E-state index contributed by atoms with van der Waals surface area (Å²) in [5.41, 5.74) is 6.37. The Kier molecular flexibility index (Phi) is 4.77. The van der Waals surface area contributed by atoms with Gasteiger partial charge in [-0.05, 0) is 56.2 Å². The number of ether oxygens (including phenoxy) is 1. The predicted octanol–water partition coefficient (Wildman–Crippen LogP) is 2.55. The van der Waals surface area contributed by atoms with Crippen molar-refractivity contribution in [3.63, 3.8) is 0 Å². The first-order valence-electron chi connectivity index (χ1n) is 6.73. The molecule has 21 heavy (non-hydrogen) atoms. The Morgan fingerprint density at radius 3 is 2.76 bits per heavy atom. The topological polar surface area (TPSA) is 66.5 Å². The summed E-state index contributed by atoms with van der Waals surface area (Å²) in [4.78, 5) is 14.7. The number of nitrogens with zero attached hydrogens (tertiary/aromatic N) is 1. The van der Waals surface area contributed by atoms with E-state index in [9.17, 15) is 4.79 Å². The van der Waals surface area contributed by atoms with E-state index in [2.05, 4.69) is 15.5 Å². The molecule has 1 amide bonds. The second-order valence-corrected chi connectivity index (χ2v) is 4.85. The zero-order chi connectivity index (χ0) is 15.2. The molecule has 2 N–H and O–H groups in total. The molecule has 0 atom stereocenters. The lowest BCUT2D eigenvalue weighted by Crippen LogP contribution is -2.25. The third-order valence-corrected chi connectivity index (χ3v) is 3.18. The lowest BCUT2D eigenvalue weighted by atomic mass is 10.1. The predicted molar refractivity (Wildman–Crippen MR) is 82.6 cm³/mol. The Morgan fingerprint density at radius 1 is 1.29 bits per heavy atom. The Balaban J connectivity index is 1.85. The molecule has 1 heterocycles. The fraction of sp³-hybridized carbons (Fsp3) is 0.250. The van der Waals surface area contributed by atoms with E-state index in [0.717, 1.165) is 11.3 Å². The fourth-order valence-corrected chi connectivity index (χ4v) is 1.75. The molecule has 0 aliphatic carbocycles. The van der Waals surface area contributed by atoms with Crippen LogP contribution in [0.15, 0.2) is 41.6 Å². The van der Waals surface area contributed by atoms with Crippen LogP contribution in [-0.2, 0) is 4.79 Å². The minimum atomic E-state index is -0.292. The number of nitrogens with one attached hydrogen (secondary N) is 2. The van der Waals surface area contributed by atoms with Gasteiger partial charge in [0, 0.05) is 6.20 Å². The smallest absolute Gasteiger partial charge is 0.277 e. The van der Waals surface area contributed by atoms with Gasteiger partial charge < -0.3 is 9.72 Å². The van der Waals surface area contributed by atoms with Gasteiger partial charge in [-0.2, -0.15) is 5.10 Å². The summed E-state index contributed by atoms with van der Waals surface area (Å²) >= 11 is 0. The van der Waals surface area contributed by atoms with Crippen LogP contribution >= 0.6 is 0 Å². The van der Waals surface area contributed by atoms with Gasteiger partial charge in [-0.15, -0.1) is 0 Å². The molecule has 0 bridgehead atoms. The zero-order valence-electron chi connectivity index (χ0n) is 12.4. The van der Waals surface area contributed by atoms with Crippen LogP contribution in [0.3, 0.4) is 0 Å². The average Bonchev–Trinajstić information content (AvgIpc) is 3.00. The fourth-order valence-electron chi connectivity index (χ4n) is 1.75. The van der Waals surface area contributed by atoms with E-state index in [1.807, 2.05) is 51.1 Å². The van der Waals surface area contributed by atoms with Gasteiger partial charge in [0.05, 0.1) is 11.4 Å². The number of carbonyl (C=O) groups excluding carboxylic acids is 1. The SMILES string of the molecule is C/C(=N\NC(=O)COc1ccc(C)c(C)c1)c1ccc[nH]1. The number of benzene rings is 1. The van der Waals surface area contributed by atoms with Gasteiger partial charge in [-0.25, -0.2) is 5.43 Å². The summed E-state index contributed by atoms with van der Waals surface area (Å²) in [5, 5.41) is 4.02. The van der Waals surface area contributed by atoms with E-state index in [0.29, 0.717) is 11.5 Å². The van der Waals surface area contributed by atoms with Crippen LogP contribution in [0, 0.1) is 13.8 Å². The minimum absolute atomic E-state index is 0.0655. The Morgan fingerprint density at radius 2 is 2.10 bits per heavy atom. The summed E-state index contributed by atoms with van der Waals surface area (Å²) in [7, 11) is 0. The molecule has 5 heteroatoms. The standard InChI is InChI=1S/C16H19N3O2/c1-11-6-7-14(9-12(11)2)21-10-16(20)19-18-13(3)15-5-4-8-17-15/h4-9,17H,10H2,1-3H3,(H,19,20)/b18-13+. The maximum absolute atomic E-state index is 11.7. The van der Waals surface area contributed by atoms with Gasteiger partial charge in [0.2, 0.25) is 0 Å². The van der Waals surface area contributed by atoms with Crippen LogP contribution < -0.4 is 10.2 Å². The van der Waals surface area contributed by atoms with Gasteiger partial charge in [0.1, 0.15) is 5.75 Å². The van der Waals surface area contributed by atoms with Gasteiger partial charge in [-0.1, -0.05) is 6.07 Å². The van der Waals surface area contributed by atoms with Crippen LogP contribution in [-0.4, -0.2) is 23.2 Å². The first kappa shape index (κ1) is 14.8. The molecule has 0 unspecified atom stereocenters. The monoisotopic (exact) mass is 285 g/mol. The summed E-state index contributed by atoms with van der Waals surface area (Å²) in [5.74, 6) is 0.387. The van der Waals surface area contributed by atoms with Crippen LogP contribution in [0.2, 0.25) is 0 Å². The summed E-state index contributed by atoms with van der Waals surface area (Å²) in [6.45, 7) is 5.79. The largest absolute Gasteiger partial charge is 0.484 e. The molecule has 0 radical (unpaired) electrons. The molecular weight excluding hydrogens is 266 g/mol. The summed E-state index contributed by atoms with van der Waals surface area (Å²) in [6.07, 6.45) is 1.80. The highest BCUT2D eigenvalue weighted by molar-refractivity contribution is 5.97. The highest BCUT2D eigenvalue weighted by Crippen LogP contribution is 2.16. The lowest BCUT2D eigenvalue weighted by Gasteiger charge is -2.07. The van der Waals surface area contributed by atoms with Crippen molar-refractivity contribution >= 4 is 11.6 Å². The van der Waals surface area contributed by atoms with E-state index >= 15 is 0 Å². The molecule has 0 saturated carbocycles. The van der Waals surface area contributed by atoms with E-state index in [4.69, 9.17) is 4.74 Å². The maximum Gasteiger partial charge on any atom is 0.277 e. The highest BCUT2D eigenvalue weighted by Gasteiger charge is 2.04. The van der Waals surface area contributed by atoms with Crippen molar-refractivity contribution in [3.8, 4) is 5.75 Å². The molecule has 0 aliphatic heterocycles. The molecule has 0 saturated heterocycles. The van der Waals surface area contributed by atoms with E-state index in [-0.39, 0.29) is 12.5 Å². The Labute approximate surface area is 124 Å². The molecule has 0 aliphatic rings. The lowest BCUT2D eigenvalue weighted by molar-refractivity contribution is -0.123. The first-order chi connectivity index (χ1) is 10.1. The molecule has 1 aromatic heterocycles. The number of hydrogen-bond acceptors (Lipinski definition) is 3. The van der Waals surface area contributed by atoms with Gasteiger partial charge >= 0.3 is 0 Å². The molecule has 0 fully saturated rings. The molecule has 0 spiro atoms. The Hall–Kier alpha value is -2.56. The minimum Gasteiger partial charge on any atom is -0.484 e. The van der Waals surface area contributed by atoms with Crippen molar-refractivity contribution in [1.29, 1.82) is 0 Å². The number of aryl methyl sites for hydroxylation is 2. The third kappa shape index (κ3) is 4.21. The van der Waals surface area contributed by atoms with Crippen molar-refractivity contribution in [2.24, 2.45) is 5.10 Å². The third-order valence-electron chi connectivity index (χ3n) is 3.18. The molecular formula is C16H19N3O2. The molecule has 2 aromatic rings. The normalized spacial score (nSPS) is 11.3. The van der Waals surface area contributed by atoms with E-state index in [1.165, 1.54) is 5.56 Å². The zero-order valence-corrected chi connectivity index (χ0v) is 12.4. The molecule has 110 valence electrons. The second kappa shape index (κ2) is 6.74. The van der Waals surface area contributed by atoms with E-state index in [1.54, 1.807) is 6.20 Å². The van der Waals surface area contributed by atoms with Crippen LogP contribution in [0.1, 0.15) is 23.7 Å². The maximum atomic E-state index is 11.7. The highest BCUT2D eigenvalue weighted by atomic mass is 16.5. The molecule has 5 nitrogen and oxygen atoms in total. The van der Waals surface area contributed by atoms with Crippen LogP contribution in [0.5, 0.6) is 5.75 Å².